The number of rotatable bonds is 10. The Morgan fingerprint density at radius 1 is 0.667 bits per heavy atom. The van der Waals surface area contributed by atoms with Crippen LogP contribution < -0.4 is 5.32 Å². The Bertz CT molecular complexity index is 666. The van der Waals surface area contributed by atoms with Crippen LogP contribution in [0.15, 0.2) is 78.9 Å². The zero-order valence-corrected chi connectivity index (χ0v) is 28.9. The summed E-state index contributed by atoms with van der Waals surface area (Å²) < 4.78 is 0. The van der Waals surface area contributed by atoms with E-state index in [1.165, 1.54) is 54.4 Å². The molecule has 0 aliphatic heterocycles. The molecule has 2 rings (SSSR count). The summed E-state index contributed by atoms with van der Waals surface area (Å²) >= 11 is 0. The Morgan fingerprint density at radius 2 is 1.15 bits per heavy atom. The molecule has 0 aliphatic rings. The van der Waals surface area contributed by atoms with Crippen LogP contribution in [0.25, 0.3) is 0 Å². The summed E-state index contributed by atoms with van der Waals surface area (Å²) in [7, 11) is 0. The van der Waals surface area contributed by atoms with E-state index in [1.54, 1.807) is 0 Å². The molecule has 228 valence electrons. The average molecular weight is 542 g/mol. The molecule has 0 fully saturated rings. The summed E-state index contributed by atoms with van der Waals surface area (Å²) in [5.41, 5.74) is 5.33. The van der Waals surface area contributed by atoms with E-state index in [2.05, 4.69) is 121 Å². The lowest BCUT2D eigenvalue weighted by Crippen LogP contribution is -2.18. The van der Waals surface area contributed by atoms with Crippen molar-refractivity contribution < 1.29 is 0 Å². The van der Waals surface area contributed by atoms with Crippen molar-refractivity contribution >= 4 is 0 Å². The number of benzene rings is 2. The van der Waals surface area contributed by atoms with Crippen molar-refractivity contribution in [2.75, 3.05) is 13.1 Å². The Hall–Kier alpha value is -2.12. The van der Waals surface area contributed by atoms with E-state index in [0.29, 0.717) is 0 Å². The molecule has 0 spiro atoms. The lowest BCUT2D eigenvalue weighted by Gasteiger charge is -2.06. The van der Waals surface area contributed by atoms with Crippen molar-refractivity contribution in [2.24, 2.45) is 0 Å². The number of aryl methyl sites for hydroxylation is 1. The minimum Gasteiger partial charge on any atom is -0.313 e. The predicted molar refractivity (Wildman–Crippen MR) is 187 cm³/mol. The first kappa shape index (κ1) is 46.7. The second kappa shape index (κ2) is 45.8. The van der Waals surface area contributed by atoms with Crippen LogP contribution in [0.3, 0.4) is 0 Å². The van der Waals surface area contributed by atoms with Gasteiger partial charge in [-0.1, -0.05) is 187 Å². The molecular formula is C38H71N. The molecule has 0 radical (unpaired) electrons. The molecule has 0 bridgehead atoms. The summed E-state index contributed by atoms with van der Waals surface area (Å²) in [4.78, 5) is 0. The van der Waals surface area contributed by atoms with Crippen molar-refractivity contribution in [3.8, 4) is 0 Å². The zero-order chi connectivity index (χ0) is 31.2. The highest BCUT2D eigenvalue weighted by Gasteiger charge is 1.95. The summed E-state index contributed by atoms with van der Waals surface area (Å²) in [6.45, 7) is 33.1. The molecule has 0 aromatic heterocycles. The lowest BCUT2D eigenvalue weighted by molar-refractivity contribution is 0.707. The van der Waals surface area contributed by atoms with Crippen LogP contribution in [0.2, 0.25) is 0 Å². The fourth-order valence-electron chi connectivity index (χ4n) is 2.62. The standard InChI is InChI=1S/C13H19N.C13H18.2C3H8.3C2H6/c1-3-9-14-11-12(2)10-13-7-5-4-6-8-13;1-3-4-5-6-7-13-10-8-12(2)9-11-13;2*1-3-2;3*1-2/h4-8,14H,2-3,9-11H2,1H3;5-6,8-11H,3-4,7H2,1-2H3;2*3H2,1-2H3;3*1-2H3/b;6-5-;;;;;. The van der Waals surface area contributed by atoms with Crippen LogP contribution in [-0.2, 0) is 12.8 Å². The van der Waals surface area contributed by atoms with E-state index in [0.717, 1.165) is 25.9 Å². The van der Waals surface area contributed by atoms with E-state index in [4.69, 9.17) is 0 Å². The van der Waals surface area contributed by atoms with Gasteiger partial charge in [0.05, 0.1) is 0 Å². The minimum absolute atomic E-state index is 0.933. The van der Waals surface area contributed by atoms with Gasteiger partial charge in [-0.2, -0.15) is 0 Å². The molecule has 0 saturated carbocycles. The van der Waals surface area contributed by atoms with Gasteiger partial charge in [0.1, 0.15) is 0 Å². The maximum Gasteiger partial charge on any atom is 0.0165 e. The van der Waals surface area contributed by atoms with E-state index < -0.39 is 0 Å². The smallest absolute Gasteiger partial charge is 0.0165 e. The van der Waals surface area contributed by atoms with Gasteiger partial charge in [-0.05, 0) is 50.3 Å². The van der Waals surface area contributed by atoms with Crippen LogP contribution in [0.4, 0.5) is 0 Å². The van der Waals surface area contributed by atoms with Crippen LogP contribution >= 0.6 is 0 Å². The topological polar surface area (TPSA) is 12.0 Å². The maximum absolute atomic E-state index is 4.06. The SMILES string of the molecule is C=C(CNCCC)Cc1ccccc1.CC.CC.CC.CCC.CCC.CCC/C=C\Cc1ccc(C)cc1. The first-order valence-electron chi connectivity index (χ1n) is 16.1. The van der Waals surface area contributed by atoms with Crippen molar-refractivity contribution in [2.45, 2.75) is 135 Å². The molecule has 2 aromatic rings. The third kappa shape index (κ3) is 43.2. The van der Waals surface area contributed by atoms with Gasteiger partial charge < -0.3 is 5.32 Å². The molecule has 0 saturated heterocycles. The molecule has 1 N–H and O–H groups in total. The largest absolute Gasteiger partial charge is 0.313 e. The predicted octanol–water partition coefficient (Wildman–Crippen LogP) is 12.6. The van der Waals surface area contributed by atoms with Crippen LogP contribution in [0.1, 0.15) is 132 Å². The van der Waals surface area contributed by atoms with E-state index in [9.17, 15) is 0 Å². The molecule has 2 aromatic carbocycles. The second-order valence-corrected chi connectivity index (χ2v) is 8.45. The third-order valence-electron chi connectivity index (χ3n) is 4.19. The second-order valence-electron chi connectivity index (χ2n) is 8.45. The summed E-state index contributed by atoms with van der Waals surface area (Å²) in [5.74, 6) is 0. The monoisotopic (exact) mass is 542 g/mol. The van der Waals surface area contributed by atoms with Gasteiger partial charge in [0.15, 0.2) is 0 Å². The molecule has 0 atom stereocenters. The van der Waals surface area contributed by atoms with Crippen molar-refractivity contribution in [3.63, 3.8) is 0 Å². The summed E-state index contributed by atoms with van der Waals surface area (Å²) in [6, 6.07) is 19.2. The van der Waals surface area contributed by atoms with Crippen LogP contribution in [0.5, 0.6) is 0 Å². The molecule has 1 heteroatoms. The van der Waals surface area contributed by atoms with E-state index in [1.807, 2.05) is 47.6 Å². The van der Waals surface area contributed by atoms with Gasteiger partial charge in [-0.15, -0.1) is 0 Å². The highest BCUT2D eigenvalue weighted by Crippen LogP contribution is 2.05. The fraction of sp³-hybridized carbons (Fsp3) is 0.579. The average Bonchev–Trinajstić information content (AvgIpc) is 2.97. The van der Waals surface area contributed by atoms with Crippen molar-refractivity contribution in [1.29, 1.82) is 0 Å². The van der Waals surface area contributed by atoms with Crippen molar-refractivity contribution in [3.05, 3.63) is 95.6 Å². The molecular weight excluding hydrogens is 470 g/mol. The summed E-state index contributed by atoms with van der Waals surface area (Å²) in [5, 5.41) is 3.36. The van der Waals surface area contributed by atoms with Crippen LogP contribution in [-0.4, -0.2) is 13.1 Å². The number of hydrogen-bond acceptors (Lipinski definition) is 1. The minimum atomic E-state index is 0.933. The summed E-state index contributed by atoms with van der Waals surface area (Å²) in [6.07, 6.45) is 12.7. The van der Waals surface area contributed by atoms with Gasteiger partial charge in [-0.25, -0.2) is 0 Å². The Labute approximate surface area is 248 Å². The number of nitrogens with one attached hydrogen (secondary N) is 1. The number of unbranched alkanes of at least 4 members (excludes halogenated alkanes) is 1. The highest BCUT2D eigenvalue weighted by atomic mass is 14.8. The van der Waals surface area contributed by atoms with Crippen molar-refractivity contribution in [1.82, 2.24) is 5.32 Å². The van der Waals surface area contributed by atoms with Gasteiger partial charge in [0, 0.05) is 6.54 Å². The van der Waals surface area contributed by atoms with Gasteiger partial charge >= 0.3 is 0 Å². The third-order valence-corrected chi connectivity index (χ3v) is 4.19. The zero-order valence-electron chi connectivity index (χ0n) is 28.9. The van der Waals surface area contributed by atoms with Gasteiger partial charge in [0.2, 0.25) is 0 Å². The van der Waals surface area contributed by atoms with Gasteiger partial charge in [0.25, 0.3) is 0 Å². The molecule has 0 aliphatic carbocycles. The fourth-order valence-corrected chi connectivity index (χ4v) is 2.62. The van der Waals surface area contributed by atoms with Gasteiger partial charge in [-0.3, -0.25) is 0 Å². The Kier molecular flexibility index (Phi) is 54.8. The molecule has 0 unspecified atom stereocenters. The normalized spacial score (nSPS) is 8.64. The lowest BCUT2D eigenvalue weighted by atomic mass is 10.1. The molecule has 1 nitrogen and oxygen atoms in total. The van der Waals surface area contributed by atoms with E-state index >= 15 is 0 Å². The molecule has 0 heterocycles. The number of hydrogen-bond donors (Lipinski definition) is 1. The van der Waals surface area contributed by atoms with E-state index in [-0.39, 0.29) is 0 Å². The molecule has 0 amide bonds. The first-order chi connectivity index (χ1) is 19.0. The Balaban J connectivity index is -0.000000142. The van der Waals surface area contributed by atoms with Crippen LogP contribution in [0, 0.1) is 6.92 Å². The highest BCUT2D eigenvalue weighted by molar-refractivity contribution is 5.23. The Morgan fingerprint density at radius 3 is 1.59 bits per heavy atom. The quantitative estimate of drug-likeness (QED) is 0.233. The maximum atomic E-state index is 4.06. The molecule has 39 heavy (non-hydrogen) atoms. The first-order valence-corrected chi connectivity index (χ1v) is 16.1. The number of allylic oxidation sites excluding steroid dienone is 2.